The minimum atomic E-state index is -0.478. The van der Waals surface area contributed by atoms with Gasteiger partial charge in [0.25, 0.3) is 5.69 Å². The molecule has 0 aromatic heterocycles. The molecule has 8 nitrogen and oxygen atoms in total. The quantitative estimate of drug-likeness (QED) is 0.541. The fourth-order valence-corrected chi connectivity index (χ4v) is 3.10. The van der Waals surface area contributed by atoms with E-state index in [9.17, 15) is 19.7 Å². The molecule has 0 saturated carbocycles. The lowest BCUT2D eigenvalue weighted by Crippen LogP contribution is -2.43. The molecule has 1 aliphatic heterocycles. The summed E-state index contributed by atoms with van der Waals surface area (Å²) in [6, 6.07) is 13.0. The van der Waals surface area contributed by atoms with Gasteiger partial charge in [-0.05, 0) is 36.2 Å². The van der Waals surface area contributed by atoms with Crippen LogP contribution >= 0.6 is 0 Å². The second-order valence-corrected chi connectivity index (χ2v) is 6.52. The Kier molecular flexibility index (Phi) is 5.88. The molecule has 3 rings (SSSR count). The highest BCUT2D eigenvalue weighted by molar-refractivity contribution is 5.95. The highest BCUT2D eigenvalue weighted by Crippen LogP contribution is 2.22. The van der Waals surface area contributed by atoms with Crippen LogP contribution in [-0.4, -0.2) is 42.0 Å². The van der Waals surface area contributed by atoms with Gasteiger partial charge in [0.2, 0.25) is 11.8 Å². The van der Waals surface area contributed by atoms with Crippen LogP contribution in [0.2, 0.25) is 0 Å². The minimum absolute atomic E-state index is 0.0223. The summed E-state index contributed by atoms with van der Waals surface area (Å²) in [6.45, 7) is 0.799. The van der Waals surface area contributed by atoms with Crippen molar-refractivity contribution in [2.75, 3.05) is 25.2 Å². The van der Waals surface area contributed by atoms with Gasteiger partial charge in [-0.2, -0.15) is 0 Å². The maximum Gasteiger partial charge on any atom is 0.269 e. The summed E-state index contributed by atoms with van der Waals surface area (Å²) in [5.41, 5.74) is 1.31. The second kappa shape index (κ2) is 8.51. The van der Waals surface area contributed by atoms with Crippen LogP contribution in [0.3, 0.4) is 0 Å². The average Bonchev–Trinajstić information content (AvgIpc) is 3.11. The van der Waals surface area contributed by atoms with Crippen LogP contribution in [0.25, 0.3) is 0 Å². The monoisotopic (exact) mass is 383 g/mol. The largest absolute Gasteiger partial charge is 0.497 e. The molecule has 0 spiro atoms. The third-order valence-corrected chi connectivity index (χ3v) is 4.67. The first-order valence-corrected chi connectivity index (χ1v) is 8.93. The number of carbonyl (C=O) groups excluding carboxylic acids is 2. The van der Waals surface area contributed by atoms with Gasteiger partial charge in [-0.1, -0.05) is 12.1 Å². The maximum absolute atomic E-state index is 13.0. The molecule has 0 unspecified atom stereocenters. The van der Waals surface area contributed by atoms with Crippen LogP contribution in [-0.2, 0) is 16.0 Å². The standard InChI is InChI=1S/C20H21N3O5/c1-28-18-10-8-16(9-11-18)22(14-21-12-2-3-19(21)24)20(25)13-15-4-6-17(7-5-15)23(26)27/h4-11H,2-3,12-14H2,1H3. The lowest BCUT2D eigenvalue weighted by atomic mass is 10.1. The molecule has 2 aromatic carbocycles. The van der Waals surface area contributed by atoms with Gasteiger partial charge in [-0.15, -0.1) is 0 Å². The number of methoxy groups -OCH3 is 1. The van der Waals surface area contributed by atoms with Crippen LogP contribution in [0.4, 0.5) is 11.4 Å². The van der Waals surface area contributed by atoms with E-state index < -0.39 is 4.92 Å². The van der Waals surface area contributed by atoms with Crippen molar-refractivity contribution >= 4 is 23.2 Å². The zero-order valence-electron chi connectivity index (χ0n) is 15.5. The van der Waals surface area contributed by atoms with Crippen LogP contribution in [0.15, 0.2) is 48.5 Å². The fourth-order valence-electron chi connectivity index (χ4n) is 3.10. The fraction of sp³-hybridized carbons (Fsp3) is 0.300. The van der Waals surface area contributed by atoms with E-state index in [1.807, 2.05) is 0 Å². The van der Waals surface area contributed by atoms with Gasteiger partial charge in [0.05, 0.1) is 18.5 Å². The average molecular weight is 383 g/mol. The summed E-state index contributed by atoms with van der Waals surface area (Å²) in [5, 5.41) is 10.8. The lowest BCUT2D eigenvalue weighted by molar-refractivity contribution is -0.384. The Bertz CT molecular complexity index is 864. The number of nitrogens with zero attached hydrogens (tertiary/aromatic N) is 3. The first-order valence-electron chi connectivity index (χ1n) is 8.93. The predicted octanol–water partition coefficient (Wildman–Crippen LogP) is 2.76. The number of amides is 2. The van der Waals surface area contributed by atoms with Gasteiger partial charge in [0.15, 0.2) is 0 Å². The number of rotatable bonds is 7. The predicted molar refractivity (Wildman–Crippen MR) is 103 cm³/mol. The molecule has 1 saturated heterocycles. The van der Waals surface area contributed by atoms with E-state index in [-0.39, 0.29) is 30.6 Å². The van der Waals surface area contributed by atoms with Crippen molar-refractivity contribution in [3.05, 3.63) is 64.2 Å². The molecule has 0 aliphatic carbocycles. The zero-order valence-corrected chi connectivity index (χ0v) is 15.5. The third-order valence-electron chi connectivity index (χ3n) is 4.67. The Morgan fingerprint density at radius 2 is 1.86 bits per heavy atom. The molecule has 0 bridgehead atoms. The number of anilines is 1. The Morgan fingerprint density at radius 3 is 2.39 bits per heavy atom. The first kappa shape index (κ1) is 19.3. The molecule has 1 heterocycles. The molecule has 0 N–H and O–H groups in total. The summed E-state index contributed by atoms with van der Waals surface area (Å²) in [6.07, 6.45) is 1.35. The third kappa shape index (κ3) is 4.46. The molecule has 8 heteroatoms. The Balaban J connectivity index is 1.80. The van der Waals surface area contributed by atoms with Crippen LogP contribution in [0.1, 0.15) is 18.4 Å². The highest BCUT2D eigenvalue weighted by atomic mass is 16.6. The Hall–Kier alpha value is -3.42. The smallest absolute Gasteiger partial charge is 0.269 e. The topological polar surface area (TPSA) is 93.0 Å². The Morgan fingerprint density at radius 1 is 1.18 bits per heavy atom. The van der Waals surface area contributed by atoms with Crippen molar-refractivity contribution in [3.63, 3.8) is 0 Å². The minimum Gasteiger partial charge on any atom is -0.497 e. The van der Waals surface area contributed by atoms with Crippen molar-refractivity contribution in [2.24, 2.45) is 0 Å². The highest BCUT2D eigenvalue weighted by Gasteiger charge is 2.26. The number of likely N-dealkylation sites (tertiary alicyclic amines) is 1. The molecule has 0 atom stereocenters. The van der Waals surface area contributed by atoms with E-state index in [1.165, 1.54) is 12.1 Å². The van der Waals surface area contributed by atoms with Crippen LogP contribution in [0, 0.1) is 10.1 Å². The van der Waals surface area contributed by atoms with E-state index in [0.717, 1.165) is 6.42 Å². The SMILES string of the molecule is COc1ccc(N(CN2CCCC2=O)C(=O)Cc2ccc([N+](=O)[O-])cc2)cc1. The van der Waals surface area contributed by atoms with E-state index >= 15 is 0 Å². The van der Waals surface area contributed by atoms with Gasteiger partial charge in [0.1, 0.15) is 12.4 Å². The van der Waals surface area contributed by atoms with Crippen molar-refractivity contribution in [1.82, 2.24) is 4.90 Å². The van der Waals surface area contributed by atoms with Crippen molar-refractivity contribution in [1.29, 1.82) is 0 Å². The van der Waals surface area contributed by atoms with E-state index in [2.05, 4.69) is 0 Å². The van der Waals surface area contributed by atoms with Crippen molar-refractivity contribution in [3.8, 4) is 5.75 Å². The molecular formula is C20H21N3O5. The molecule has 2 amide bonds. The van der Waals surface area contributed by atoms with Crippen molar-refractivity contribution < 1.29 is 19.2 Å². The number of benzene rings is 2. The number of hydrogen-bond acceptors (Lipinski definition) is 5. The molecule has 1 fully saturated rings. The number of ether oxygens (including phenoxy) is 1. The first-order chi connectivity index (χ1) is 13.5. The maximum atomic E-state index is 13.0. The summed E-state index contributed by atoms with van der Waals surface area (Å²) in [7, 11) is 1.56. The summed E-state index contributed by atoms with van der Waals surface area (Å²) in [4.78, 5) is 38.6. The number of hydrogen-bond donors (Lipinski definition) is 0. The second-order valence-electron chi connectivity index (χ2n) is 6.52. The molecule has 0 radical (unpaired) electrons. The van der Waals surface area contributed by atoms with Crippen molar-refractivity contribution in [2.45, 2.75) is 19.3 Å². The van der Waals surface area contributed by atoms with Gasteiger partial charge in [-0.25, -0.2) is 0 Å². The number of carbonyl (C=O) groups is 2. The van der Waals surface area contributed by atoms with Crippen LogP contribution in [0.5, 0.6) is 5.75 Å². The van der Waals surface area contributed by atoms with Crippen LogP contribution < -0.4 is 9.64 Å². The summed E-state index contributed by atoms with van der Waals surface area (Å²) >= 11 is 0. The lowest BCUT2D eigenvalue weighted by Gasteiger charge is -2.28. The summed E-state index contributed by atoms with van der Waals surface area (Å²) in [5.74, 6) is 0.504. The normalized spacial score (nSPS) is 13.5. The molecule has 28 heavy (non-hydrogen) atoms. The molecule has 1 aliphatic rings. The van der Waals surface area contributed by atoms with E-state index in [1.54, 1.807) is 53.3 Å². The Labute approximate surface area is 162 Å². The van der Waals surface area contributed by atoms with Gasteiger partial charge >= 0.3 is 0 Å². The van der Waals surface area contributed by atoms with E-state index in [0.29, 0.717) is 30.0 Å². The van der Waals surface area contributed by atoms with Gasteiger partial charge < -0.3 is 9.64 Å². The van der Waals surface area contributed by atoms with E-state index in [4.69, 9.17) is 4.74 Å². The number of nitro groups is 1. The zero-order chi connectivity index (χ0) is 20.1. The van der Waals surface area contributed by atoms with Gasteiger partial charge in [0, 0.05) is 30.8 Å². The molecule has 146 valence electrons. The summed E-state index contributed by atoms with van der Waals surface area (Å²) < 4.78 is 5.16. The van der Waals surface area contributed by atoms with Gasteiger partial charge in [-0.3, -0.25) is 24.6 Å². The molecule has 2 aromatic rings. The number of nitro benzene ring substituents is 1. The molecular weight excluding hydrogens is 362 g/mol. The number of non-ortho nitro benzene ring substituents is 1.